The van der Waals surface area contributed by atoms with E-state index in [4.69, 9.17) is 0 Å². The van der Waals surface area contributed by atoms with Gasteiger partial charge in [0.05, 0.1) is 17.8 Å². The van der Waals surface area contributed by atoms with Crippen LogP contribution >= 0.6 is 12.4 Å². The number of piperidine rings is 1. The fourth-order valence-corrected chi connectivity index (χ4v) is 2.83. The summed E-state index contributed by atoms with van der Waals surface area (Å²) in [5.41, 5.74) is 1.89. The minimum absolute atomic E-state index is 0. The molecule has 1 aromatic carbocycles. The summed E-state index contributed by atoms with van der Waals surface area (Å²) in [6, 6.07) is 6.18. The Morgan fingerprint density at radius 2 is 2.23 bits per heavy atom. The van der Waals surface area contributed by atoms with Gasteiger partial charge in [-0.25, -0.2) is 0 Å². The maximum absolute atomic E-state index is 12.3. The van der Waals surface area contributed by atoms with Crippen molar-refractivity contribution in [1.82, 2.24) is 15.1 Å². The minimum atomic E-state index is -0.0653. The van der Waals surface area contributed by atoms with Crippen molar-refractivity contribution in [2.75, 3.05) is 11.9 Å². The van der Waals surface area contributed by atoms with Crippen molar-refractivity contribution < 1.29 is 4.79 Å². The minimum Gasteiger partial charge on any atom is -0.325 e. The van der Waals surface area contributed by atoms with Crippen molar-refractivity contribution in [3.05, 3.63) is 24.4 Å². The molecule has 0 aliphatic carbocycles. The van der Waals surface area contributed by atoms with Gasteiger partial charge in [0.15, 0.2) is 0 Å². The summed E-state index contributed by atoms with van der Waals surface area (Å²) in [6.45, 7) is 5.13. The molecule has 1 fully saturated rings. The highest BCUT2D eigenvalue weighted by Crippen LogP contribution is 2.22. The summed E-state index contributed by atoms with van der Waals surface area (Å²) in [4.78, 5) is 12.3. The zero-order valence-corrected chi connectivity index (χ0v) is 13.8. The molecule has 1 aliphatic heterocycles. The van der Waals surface area contributed by atoms with E-state index in [1.54, 1.807) is 0 Å². The van der Waals surface area contributed by atoms with E-state index in [9.17, 15) is 4.79 Å². The molecule has 22 heavy (non-hydrogen) atoms. The number of benzene rings is 1. The van der Waals surface area contributed by atoms with Crippen LogP contribution in [0.4, 0.5) is 5.69 Å². The average molecular weight is 323 g/mol. The third-order valence-electron chi connectivity index (χ3n) is 3.98. The Hall–Kier alpha value is -1.59. The first-order chi connectivity index (χ1) is 10.1. The van der Waals surface area contributed by atoms with Crippen LogP contribution < -0.4 is 10.6 Å². The first-order valence-corrected chi connectivity index (χ1v) is 7.66. The molecule has 5 nitrogen and oxygen atoms in total. The van der Waals surface area contributed by atoms with E-state index < -0.39 is 0 Å². The summed E-state index contributed by atoms with van der Waals surface area (Å²) >= 11 is 0. The molecule has 1 saturated heterocycles. The lowest BCUT2D eigenvalue weighted by atomic mass is 10.0. The lowest BCUT2D eigenvalue weighted by molar-refractivity contribution is -0.118. The summed E-state index contributed by atoms with van der Waals surface area (Å²) in [7, 11) is 0. The predicted octanol–water partition coefficient (Wildman–Crippen LogP) is 3.12. The van der Waals surface area contributed by atoms with E-state index in [1.165, 1.54) is 0 Å². The van der Waals surface area contributed by atoms with Gasteiger partial charge in [-0.1, -0.05) is 6.42 Å². The number of aromatic nitrogens is 2. The van der Waals surface area contributed by atoms with E-state index >= 15 is 0 Å². The standard InChI is InChI=1S/C16H22N4O.ClH/c1-11(2)20-15-9-13(7-6-12(15)10-18-20)19-16(21)14-5-3-4-8-17-14;/h6-7,9-11,14,17H,3-5,8H2,1-2H3,(H,19,21);1H. The molecule has 0 spiro atoms. The van der Waals surface area contributed by atoms with Crippen molar-refractivity contribution in [3.8, 4) is 0 Å². The second-order valence-electron chi connectivity index (χ2n) is 5.95. The van der Waals surface area contributed by atoms with E-state index in [2.05, 4.69) is 29.6 Å². The molecule has 2 heterocycles. The molecule has 0 saturated carbocycles. The van der Waals surface area contributed by atoms with Crippen LogP contribution in [0.3, 0.4) is 0 Å². The maximum Gasteiger partial charge on any atom is 0.241 e. The van der Waals surface area contributed by atoms with Gasteiger partial charge in [-0.2, -0.15) is 5.10 Å². The third kappa shape index (κ3) is 3.42. The van der Waals surface area contributed by atoms with Crippen LogP contribution in [-0.4, -0.2) is 28.3 Å². The fraction of sp³-hybridized carbons (Fsp3) is 0.500. The van der Waals surface area contributed by atoms with Crippen molar-refractivity contribution in [2.45, 2.75) is 45.2 Å². The van der Waals surface area contributed by atoms with E-state index in [1.807, 2.05) is 29.1 Å². The molecule has 1 atom stereocenters. The summed E-state index contributed by atoms with van der Waals surface area (Å²) in [5, 5.41) is 11.8. The monoisotopic (exact) mass is 322 g/mol. The van der Waals surface area contributed by atoms with Gasteiger partial charge in [0.2, 0.25) is 5.91 Å². The van der Waals surface area contributed by atoms with E-state index in [-0.39, 0.29) is 24.4 Å². The zero-order valence-electron chi connectivity index (χ0n) is 13.0. The van der Waals surface area contributed by atoms with Gasteiger partial charge in [-0.3, -0.25) is 9.48 Å². The van der Waals surface area contributed by atoms with Gasteiger partial charge >= 0.3 is 0 Å². The second-order valence-corrected chi connectivity index (χ2v) is 5.95. The molecule has 1 aliphatic rings. The highest BCUT2D eigenvalue weighted by molar-refractivity contribution is 5.96. The molecule has 3 rings (SSSR count). The van der Waals surface area contributed by atoms with Crippen LogP contribution in [0.5, 0.6) is 0 Å². The number of hydrogen-bond acceptors (Lipinski definition) is 3. The molecule has 0 radical (unpaired) electrons. The first kappa shape index (κ1) is 16.8. The van der Waals surface area contributed by atoms with Crippen molar-refractivity contribution in [1.29, 1.82) is 0 Å². The molecule has 1 unspecified atom stereocenters. The van der Waals surface area contributed by atoms with Crippen LogP contribution in [0.1, 0.15) is 39.2 Å². The van der Waals surface area contributed by atoms with Gasteiger partial charge in [0, 0.05) is 17.1 Å². The fourth-order valence-electron chi connectivity index (χ4n) is 2.83. The number of anilines is 1. The molecule has 1 aromatic heterocycles. The highest BCUT2D eigenvalue weighted by atomic mass is 35.5. The molecule has 1 amide bonds. The third-order valence-corrected chi connectivity index (χ3v) is 3.98. The number of hydrogen-bond donors (Lipinski definition) is 2. The lowest BCUT2D eigenvalue weighted by Gasteiger charge is -2.22. The Labute approximate surface area is 136 Å². The largest absolute Gasteiger partial charge is 0.325 e. The Bertz CT molecular complexity index is 647. The van der Waals surface area contributed by atoms with Crippen LogP contribution in [0.25, 0.3) is 10.9 Å². The van der Waals surface area contributed by atoms with Crippen LogP contribution in [0.15, 0.2) is 24.4 Å². The van der Waals surface area contributed by atoms with Gasteiger partial charge in [-0.15, -0.1) is 12.4 Å². The van der Waals surface area contributed by atoms with E-state index in [0.29, 0.717) is 6.04 Å². The lowest BCUT2D eigenvalue weighted by Crippen LogP contribution is -2.43. The first-order valence-electron chi connectivity index (χ1n) is 7.66. The Kier molecular flexibility index (Phi) is 5.42. The topological polar surface area (TPSA) is 59.0 Å². The smallest absolute Gasteiger partial charge is 0.241 e. The predicted molar refractivity (Wildman–Crippen MR) is 91.6 cm³/mol. The summed E-state index contributed by atoms with van der Waals surface area (Å²) in [5.74, 6) is 0.0599. The van der Waals surface area contributed by atoms with Gasteiger partial charge in [0.1, 0.15) is 0 Å². The van der Waals surface area contributed by atoms with Crippen LogP contribution in [0, 0.1) is 0 Å². The SMILES string of the molecule is CC(C)n1ncc2ccc(NC(=O)C3CCCCN3)cc21.Cl. The molecular weight excluding hydrogens is 300 g/mol. The van der Waals surface area contributed by atoms with Crippen molar-refractivity contribution in [3.63, 3.8) is 0 Å². The Morgan fingerprint density at radius 1 is 1.41 bits per heavy atom. The molecular formula is C16H23ClN4O. The number of halogens is 1. The zero-order chi connectivity index (χ0) is 14.8. The van der Waals surface area contributed by atoms with Crippen LogP contribution in [0.2, 0.25) is 0 Å². The number of carbonyl (C=O) groups is 1. The quantitative estimate of drug-likeness (QED) is 0.912. The van der Waals surface area contributed by atoms with Crippen molar-refractivity contribution >= 4 is 34.9 Å². The average Bonchev–Trinajstić information content (AvgIpc) is 2.91. The Morgan fingerprint density at radius 3 is 2.91 bits per heavy atom. The van der Waals surface area contributed by atoms with Crippen molar-refractivity contribution in [2.24, 2.45) is 0 Å². The van der Waals surface area contributed by atoms with E-state index in [0.717, 1.165) is 42.4 Å². The normalized spacial score (nSPS) is 18.2. The van der Waals surface area contributed by atoms with Crippen LogP contribution in [-0.2, 0) is 4.79 Å². The maximum atomic E-state index is 12.3. The number of fused-ring (bicyclic) bond motifs is 1. The number of amides is 1. The number of nitrogens with one attached hydrogen (secondary N) is 2. The molecule has 0 bridgehead atoms. The summed E-state index contributed by atoms with van der Waals surface area (Å²) in [6.07, 6.45) is 5.05. The number of rotatable bonds is 3. The molecule has 2 N–H and O–H groups in total. The molecule has 120 valence electrons. The van der Waals surface area contributed by atoms with Gasteiger partial charge in [0.25, 0.3) is 0 Å². The highest BCUT2D eigenvalue weighted by Gasteiger charge is 2.20. The second kappa shape index (κ2) is 7.11. The van der Waals surface area contributed by atoms with Gasteiger partial charge < -0.3 is 10.6 Å². The van der Waals surface area contributed by atoms with Gasteiger partial charge in [-0.05, 0) is 51.4 Å². The Balaban J connectivity index is 0.00000176. The molecule has 6 heteroatoms. The number of carbonyl (C=O) groups excluding carboxylic acids is 1. The summed E-state index contributed by atoms with van der Waals surface area (Å²) < 4.78 is 1.98. The molecule has 2 aromatic rings. The number of nitrogens with zero attached hydrogens (tertiary/aromatic N) is 2.